The van der Waals surface area contributed by atoms with E-state index in [1.165, 1.54) is 0 Å². The average Bonchev–Trinajstić information content (AvgIpc) is 2.37. The van der Waals surface area contributed by atoms with Gasteiger partial charge in [0.15, 0.2) is 0 Å². The molecule has 0 atom stereocenters. The molecule has 19 heavy (non-hydrogen) atoms. The van der Waals surface area contributed by atoms with Gasteiger partial charge in [0.2, 0.25) is 10.0 Å². The summed E-state index contributed by atoms with van der Waals surface area (Å²) in [5, 5.41) is 3.28. The highest BCUT2D eigenvalue weighted by atomic mass is 32.2. The number of likely N-dealkylation sites (N-methyl/N-ethyl adjacent to an activating group) is 1. The van der Waals surface area contributed by atoms with Crippen molar-refractivity contribution < 1.29 is 8.42 Å². The van der Waals surface area contributed by atoms with Gasteiger partial charge in [-0.25, -0.2) is 13.1 Å². The van der Waals surface area contributed by atoms with Gasteiger partial charge in [0.05, 0.1) is 4.90 Å². The van der Waals surface area contributed by atoms with Crippen LogP contribution >= 0.6 is 0 Å². The van der Waals surface area contributed by atoms with Crippen molar-refractivity contribution in [2.75, 3.05) is 39.0 Å². The third-order valence-corrected chi connectivity index (χ3v) is 4.64. The third-order valence-electron chi connectivity index (χ3n) is 3.18. The van der Waals surface area contributed by atoms with Gasteiger partial charge in [-0.05, 0) is 50.7 Å². The molecule has 0 spiro atoms. The van der Waals surface area contributed by atoms with Gasteiger partial charge >= 0.3 is 0 Å². The SMILES string of the molecule is CN(C)CCNS(=O)(=O)c1ccc2c(c1)CCCN2. The summed E-state index contributed by atoms with van der Waals surface area (Å²) in [5.41, 5.74) is 2.14. The summed E-state index contributed by atoms with van der Waals surface area (Å²) >= 11 is 0. The van der Waals surface area contributed by atoms with Crippen molar-refractivity contribution in [2.24, 2.45) is 0 Å². The number of nitrogens with zero attached hydrogens (tertiary/aromatic N) is 1. The number of fused-ring (bicyclic) bond motifs is 1. The van der Waals surface area contributed by atoms with Crippen molar-refractivity contribution >= 4 is 15.7 Å². The summed E-state index contributed by atoms with van der Waals surface area (Å²) in [5.74, 6) is 0. The first kappa shape index (κ1) is 14.3. The van der Waals surface area contributed by atoms with Crippen LogP contribution < -0.4 is 10.0 Å². The topological polar surface area (TPSA) is 61.4 Å². The molecule has 0 amide bonds. The first-order valence-corrected chi connectivity index (χ1v) is 7.98. The number of hydrogen-bond acceptors (Lipinski definition) is 4. The van der Waals surface area contributed by atoms with E-state index in [1.807, 2.05) is 25.1 Å². The molecule has 1 heterocycles. The van der Waals surface area contributed by atoms with E-state index in [9.17, 15) is 8.42 Å². The minimum absolute atomic E-state index is 0.355. The standard InChI is InChI=1S/C13H21N3O2S/c1-16(2)9-8-15-19(17,18)12-5-6-13-11(10-12)4-3-7-14-13/h5-6,10,14-15H,3-4,7-9H2,1-2H3. The molecular weight excluding hydrogens is 262 g/mol. The lowest BCUT2D eigenvalue weighted by atomic mass is 10.0. The first-order chi connectivity index (χ1) is 8.99. The van der Waals surface area contributed by atoms with Gasteiger partial charge in [0.1, 0.15) is 0 Å². The minimum atomic E-state index is -3.39. The number of aryl methyl sites for hydroxylation is 1. The maximum atomic E-state index is 12.1. The van der Waals surface area contributed by atoms with Crippen LogP contribution in [0.3, 0.4) is 0 Å². The van der Waals surface area contributed by atoms with Gasteiger partial charge in [-0.3, -0.25) is 0 Å². The summed E-state index contributed by atoms with van der Waals surface area (Å²) in [7, 11) is 0.437. The van der Waals surface area contributed by atoms with Gasteiger partial charge < -0.3 is 10.2 Å². The van der Waals surface area contributed by atoms with Crippen molar-refractivity contribution in [1.82, 2.24) is 9.62 Å². The molecule has 1 aliphatic heterocycles. The van der Waals surface area contributed by atoms with Gasteiger partial charge in [0, 0.05) is 25.3 Å². The van der Waals surface area contributed by atoms with Crippen LogP contribution in [0.5, 0.6) is 0 Å². The van der Waals surface area contributed by atoms with Crippen LogP contribution in [-0.4, -0.2) is 47.0 Å². The summed E-state index contributed by atoms with van der Waals surface area (Å²) in [4.78, 5) is 2.30. The number of rotatable bonds is 5. The van der Waals surface area contributed by atoms with E-state index >= 15 is 0 Å². The Labute approximate surface area is 115 Å². The van der Waals surface area contributed by atoms with Crippen molar-refractivity contribution in [1.29, 1.82) is 0 Å². The molecule has 0 aliphatic carbocycles. The monoisotopic (exact) mass is 283 g/mol. The fourth-order valence-corrected chi connectivity index (χ4v) is 3.18. The Morgan fingerprint density at radius 3 is 2.89 bits per heavy atom. The van der Waals surface area contributed by atoms with Crippen LogP contribution in [0.25, 0.3) is 0 Å². The van der Waals surface area contributed by atoms with Gasteiger partial charge in [-0.2, -0.15) is 0 Å². The molecule has 5 nitrogen and oxygen atoms in total. The molecule has 1 aromatic carbocycles. The molecule has 0 fully saturated rings. The second kappa shape index (κ2) is 5.90. The molecule has 0 aromatic heterocycles. The number of benzene rings is 1. The van der Waals surface area contributed by atoms with Crippen molar-refractivity contribution in [3.05, 3.63) is 23.8 Å². The first-order valence-electron chi connectivity index (χ1n) is 6.50. The summed E-state index contributed by atoms with van der Waals surface area (Å²) in [6, 6.07) is 5.30. The Kier molecular flexibility index (Phi) is 4.44. The van der Waals surface area contributed by atoms with Crippen molar-refractivity contribution in [3.63, 3.8) is 0 Å². The highest BCUT2D eigenvalue weighted by molar-refractivity contribution is 7.89. The Morgan fingerprint density at radius 1 is 1.37 bits per heavy atom. The third kappa shape index (κ3) is 3.68. The fourth-order valence-electron chi connectivity index (χ4n) is 2.11. The molecule has 6 heteroatoms. The van der Waals surface area contributed by atoms with Crippen LogP contribution in [0.2, 0.25) is 0 Å². The van der Waals surface area contributed by atoms with E-state index in [0.717, 1.165) is 30.6 Å². The van der Waals surface area contributed by atoms with E-state index in [0.29, 0.717) is 18.0 Å². The lowest BCUT2D eigenvalue weighted by Crippen LogP contribution is -2.31. The zero-order valence-electron chi connectivity index (χ0n) is 11.4. The average molecular weight is 283 g/mol. The highest BCUT2D eigenvalue weighted by Crippen LogP contribution is 2.24. The van der Waals surface area contributed by atoms with Crippen LogP contribution in [0.1, 0.15) is 12.0 Å². The van der Waals surface area contributed by atoms with Gasteiger partial charge in [0.25, 0.3) is 0 Å². The maximum Gasteiger partial charge on any atom is 0.240 e. The van der Waals surface area contributed by atoms with Crippen LogP contribution in [0, 0.1) is 0 Å². The second-order valence-corrected chi connectivity index (χ2v) is 6.82. The van der Waals surface area contributed by atoms with Gasteiger partial charge in [-0.1, -0.05) is 0 Å². The summed E-state index contributed by atoms with van der Waals surface area (Å²) in [6.07, 6.45) is 1.98. The van der Waals surface area contributed by atoms with Crippen LogP contribution in [0.15, 0.2) is 23.1 Å². The minimum Gasteiger partial charge on any atom is -0.385 e. The molecule has 0 saturated heterocycles. The number of anilines is 1. The molecule has 1 aliphatic rings. The van der Waals surface area contributed by atoms with Crippen LogP contribution in [-0.2, 0) is 16.4 Å². The Morgan fingerprint density at radius 2 is 2.16 bits per heavy atom. The number of nitrogens with one attached hydrogen (secondary N) is 2. The van der Waals surface area contributed by atoms with Crippen molar-refractivity contribution in [2.45, 2.75) is 17.7 Å². The summed E-state index contributed by atoms with van der Waals surface area (Å²) in [6.45, 7) is 2.07. The lowest BCUT2D eigenvalue weighted by molar-refractivity contribution is 0.412. The van der Waals surface area contributed by atoms with E-state index in [2.05, 4.69) is 10.0 Å². The Bertz CT molecular complexity index is 541. The Balaban J connectivity index is 2.12. The normalized spacial score (nSPS) is 15.1. The quantitative estimate of drug-likeness (QED) is 0.842. The molecule has 0 bridgehead atoms. The molecule has 2 rings (SSSR count). The zero-order chi connectivity index (χ0) is 13.9. The molecule has 0 unspecified atom stereocenters. The van der Waals surface area contributed by atoms with E-state index in [-0.39, 0.29) is 0 Å². The molecule has 0 saturated carbocycles. The predicted molar refractivity (Wildman–Crippen MR) is 77.0 cm³/mol. The summed E-state index contributed by atoms with van der Waals surface area (Å²) < 4.78 is 26.9. The molecule has 1 aromatic rings. The molecule has 0 radical (unpaired) electrons. The van der Waals surface area contributed by atoms with E-state index < -0.39 is 10.0 Å². The van der Waals surface area contributed by atoms with Gasteiger partial charge in [-0.15, -0.1) is 0 Å². The van der Waals surface area contributed by atoms with E-state index in [4.69, 9.17) is 0 Å². The largest absolute Gasteiger partial charge is 0.385 e. The number of sulfonamides is 1. The zero-order valence-corrected chi connectivity index (χ0v) is 12.3. The van der Waals surface area contributed by atoms with Crippen molar-refractivity contribution in [3.8, 4) is 0 Å². The smallest absolute Gasteiger partial charge is 0.240 e. The maximum absolute atomic E-state index is 12.1. The lowest BCUT2D eigenvalue weighted by Gasteiger charge is -2.19. The Hall–Kier alpha value is -1.11. The van der Waals surface area contributed by atoms with Crippen LogP contribution in [0.4, 0.5) is 5.69 Å². The predicted octanol–water partition coefficient (Wildman–Crippen LogP) is 0.885. The second-order valence-electron chi connectivity index (χ2n) is 5.05. The highest BCUT2D eigenvalue weighted by Gasteiger charge is 2.17. The van der Waals surface area contributed by atoms with E-state index in [1.54, 1.807) is 12.1 Å². The molecule has 106 valence electrons. The number of hydrogen-bond donors (Lipinski definition) is 2. The fraction of sp³-hybridized carbons (Fsp3) is 0.538. The molecular formula is C13H21N3O2S. The molecule has 2 N–H and O–H groups in total.